The average molecular weight is 249 g/mol. The summed E-state index contributed by atoms with van der Waals surface area (Å²) in [5, 5.41) is 3.63. The van der Waals surface area contributed by atoms with Crippen molar-refractivity contribution in [1.82, 2.24) is 14.8 Å². The normalized spacial score (nSPS) is 33.7. The van der Waals surface area contributed by atoms with Crippen molar-refractivity contribution in [3.8, 4) is 0 Å². The highest BCUT2D eigenvalue weighted by atomic mass is 32.1. The molecular formula is C13H19N3S. The van der Waals surface area contributed by atoms with Gasteiger partial charge in [-0.3, -0.25) is 4.90 Å². The average Bonchev–Trinajstić information content (AvgIpc) is 3.06. The molecule has 5 rings (SSSR count). The van der Waals surface area contributed by atoms with Crippen molar-refractivity contribution in [3.63, 3.8) is 0 Å². The maximum Gasteiger partial charge on any atom is 0.107 e. The third kappa shape index (κ3) is 1.83. The molecule has 0 spiro atoms. The minimum atomic E-state index is 0.798. The molecule has 92 valence electrons. The molecule has 3 nitrogen and oxygen atoms in total. The summed E-state index contributed by atoms with van der Waals surface area (Å²) in [6, 6.07) is 1.60. The van der Waals surface area contributed by atoms with Crippen LogP contribution in [0.25, 0.3) is 0 Å². The number of rotatable bonds is 3. The van der Waals surface area contributed by atoms with Crippen LogP contribution in [0.5, 0.6) is 0 Å². The molecule has 17 heavy (non-hydrogen) atoms. The lowest BCUT2D eigenvalue weighted by molar-refractivity contribution is -0.0668. The van der Waals surface area contributed by atoms with Crippen molar-refractivity contribution in [2.45, 2.75) is 43.8 Å². The number of likely N-dealkylation sites (N-methyl/N-ethyl adjacent to an activating group) is 1. The first-order chi connectivity index (χ1) is 8.29. The van der Waals surface area contributed by atoms with Crippen LogP contribution >= 0.6 is 11.3 Å². The second kappa shape index (κ2) is 3.77. The van der Waals surface area contributed by atoms with Gasteiger partial charge in [0.25, 0.3) is 0 Å². The van der Waals surface area contributed by atoms with E-state index >= 15 is 0 Å². The molecule has 0 radical (unpaired) electrons. The fourth-order valence-electron chi connectivity index (χ4n) is 3.28. The predicted molar refractivity (Wildman–Crippen MR) is 69.3 cm³/mol. The minimum Gasteiger partial charge on any atom is -0.303 e. The van der Waals surface area contributed by atoms with Gasteiger partial charge in [-0.05, 0) is 26.3 Å². The second-order valence-corrected chi connectivity index (χ2v) is 6.82. The lowest BCUT2D eigenvalue weighted by Crippen LogP contribution is -2.67. The summed E-state index contributed by atoms with van der Waals surface area (Å²) in [6.07, 6.45) is 4.14. The second-order valence-electron chi connectivity index (χ2n) is 5.88. The van der Waals surface area contributed by atoms with Gasteiger partial charge < -0.3 is 4.90 Å². The van der Waals surface area contributed by atoms with Crippen LogP contribution < -0.4 is 0 Å². The molecule has 1 aromatic heterocycles. The van der Waals surface area contributed by atoms with Crippen LogP contribution in [0.4, 0.5) is 0 Å². The monoisotopic (exact) mass is 249 g/mol. The first-order valence-corrected chi connectivity index (χ1v) is 7.56. The molecule has 2 unspecified atom stereocenters. The number of piperazine rings is 1. The van der Waals surface area contributed by atoms with Crippen molar-refractivity contribution < 1.29 is 0 Å². The van der Waals surface area contributed by atoms with Crippen LogP contribution in [0, 0.1) is 0 Å². The van der Waals surface area contributed by atoms with E-state index in [0.717, 1.165) is 24.5 Å². The Morgan fingerprint density at radius 1 is 1.35 bits per heavy atom. The van der Waals surface area contributed by atoms with Crippen molar-refractivity contribution in [2.24, 2.45) is 0 Å². The Morgan fingerprint density at radius 3 is 2.82 bits per heavy atom. The number of hydrogen-bond acceptors (Lipinski definition) is 4. The fraction of sp³-hybridized carbons (Fsp3) is 0.769. The zero-order chi connectivity index (χ0) is 11.4. The molecule has 0 N–H and O–H groups in total. The standard InChI is InChI=1S/C13H19N3S/c1-15-5-10-4-11(6-15)16(10)7-13-14-12(8-17-13)9-2-3-9/h8-11H,2-7H2,1H3. The molecule has 0 aromatic carbocycles. The van der Waals surface area contributed by atoms with Crippen molar-refractivity contribution in [3.05, 3.63) is 16.1 Å². The summed E-state index contributed by atoms with van der Waals surface area (Å²) >= 11 is 1.87. The number of piperidine rings is 1. The lowest BCUT2D eigenvalue weighted by Gasteiger charge is -2.55. The molecule has 4 aliphatic rings. The van der Waals surface area contributed by atoms with E-state index in [1.165, 1.54) is 43.1 Å². The van der Waals surface area contributed by atoms with Gasteiger partial charge in [0.15, 0.2) is 0 Å². The summed E-state index contributed by atoms with van der Waals surface area (Å²) < 4.78 is 0. The molecule has 2 atom stereocenters. The molecule has 1 aromatic rings. The summed E-state index contributed by atoms with van der Waals surface area (Å²) in [5.74, 6) is 0.807. The summed E-state index contributed by atoms with van der Waals surface area (Å²) in [4.78, 5) is 9.93. The van der Waals surface area contributed by atoms with E-state index in [1.54, 1.807) is 0 Å². The van der Waals surface area contributed by atoms with Crippen molar-refractivity contribution in [1.29, 1.82) is 0 Å². The first-order valence-electron chi connectivity index (χ1n) is 6.68. The molecule has 4 heteroatoms. The van der Waals surface area contributed by atoms with Gasteiger partial charge >= 0.3 is 0 Å². The largest absolute Gasteiger partial charge is 0.303 e. The van der Waals surface area contributed by atoms with E-state index in [1.807, 2.05) is 11.3 Å². The SMILES string of the molecule is CN1CC2CC(C1)N2Cc1nc(C2CC2)cs1. The Hall–Kier alpha value is -0.450. The van der Waals surface area contributed by atoms with Crippen molar-refractivity contribution in [2.75, 3.05) is 20.1 Å². The first kappa shape index (κ1) is 10.5. The van der Waals surface area contributed by atoms with E-state index in [0.29, 0.717) is 0 Å². The zero-order valence-corrected chi connectivity index (χ0v) is 11.1. The van der Waals surface area contributed by atoms with Gasteiger partial charge in [0, 0.05) is 36.5 Å². The van der Waals surface area contributed by atoms with Gasteiger partial charge in [0.05, 0.1) is 12.2 Å². The predicted octanol–water partition coefficient (Wildman–Crippen LogP) is 1.91. The highest BCUT2D eigenvalue weighted by Gasteiger charge is 2.43. The van der Waals surface area contributed by atoms with Crippen LogP contribution in [0.1, 0.15) is 35.9 Å². The molecule has 3 saturated heterocycles. The number of fused-ring (bicyclic) bond motifs is 2. The molecule has 4 heterocycles. The van der Waals surface area contributed by atoms with Gasteiger partial charge in [0.1, 0.15) is 5.01 Å². The van der Waals surface area contributed by atoms with E-state index < -0.39 is 0 Å². The Kier molecular flexibility index (Phi) is 2.32. The highest BCUT2D eigenvalue weighted by molar-refractivity contribution is 7.09. The smallest absolute Gasteiger partial charge is 0.107 e. The van der Waals surface area contributed by atoms with Crippen LogP contribution in [-0.2, 0) is 6.54 Å². The minimum absolute atomic E-state index is 0.798. The third-order valence-electron chi connectivity index (χ3n) is 4.41. The summed E-state index contributed by atoms with van der Waals surface area (Å²) in [7, 11) is 2.24. The molecular weight excluding hydrogens is 230 g/mol. The summed E-state index contributed by atoms with van der Waals surface area (Å²) in [6.45, 7) is 3.59. The Bertz CT molecular complexity index is 414. The Morgan fingerprint density at radius 2 is 2.12 bits per heavy atom. The topological polar surface area (TPSA) is 19.4 Å². The van der Waals surface area contributed by atoms with E-state index in [2.05, 4.69) is 22.2 Å². The highest BCUT2D eigenvalue weighted by Crippen LogP contribution is 2.41. The van der Waals surface area contributed by atoms with E-state index in [4.69, 9.17) is 4.98 Å². The molecule has 1 saturated carbocycles. The maximum absolute atomic E-state index is 4.80. The Balaban J connectivity index is 1.43. The molecule has 3 aliphatic heterocycles. The number of thiazole rings is 1. The zero-order valence-electron chi connectivity index (χ0n) is 10.3. The van der Waals surface area contributed by atoms with Crippen LogP contribution in [0.2, 0.25) is 0 Å². The quantitative estimate of drug-likeness (QED) is 0.816. The number of aromatic nitrogens is 1. The lowest BCUT2D eigenvalue weighted by atomic mass is 9.88. The van der Waals surface area contributed by atoms with Gasteiger partial charge in [0.2, 0.25) is 0 Å². The molecule has 0 amide bonds. The van der Waals surface area contributed by atoms with Gasteiger partial charge in [-0.2, -0.15) is 0 Å². The molecule has 4 fully saturated rings. The molecule has 1 aliphatic carbocycles. The number of hydrogen-bond donors (Lipinski definition) is 0. The fourth-order valence-corrected chi connectivity index (χ4v) is 4.16. The Labute approximate surface area is 106 Å². The van der Waals surface area contributed by atoms with E-state index in [9.17, 15) is 0 Å². The van der Waals surface area contributed by atoms with Gasteiger partial charge in [-0.25, -0.2) is 4.98 Å². The molecule has 2 bridgehead atoms. The maximum atomic E-state index is 4.80. The van der Waals surface area contributed by atoms with Crippen LogP contribution in [0.15, 0.2) is 5.38 Å². The van der Waals surface area contributed by atoms with Crippen LogP contribution in [-0.4, -0.2) is 47.0 Å². The van der Waals surface area contributed by atoms with Crippen molar-refractivity contribution >= 4 is 11.3 Å². The van der Waals surface area contributed by atoms with Gasteiger partial charge in [-0.15, -0.1) is 11.3 Å². The number of nitrogens with zero attached hydrogens (tertiary/aromatic N) is 3. The van der Waals surface area contributed by atoms with E-state index in [-0.39, 0.29) is 0 Å². The summed E-state index contributed by atoms with van der Waals surface area (Å²) in [5.41, 5.74) is 1.37. The van der Waals surface area contributed by atoms with Crippen LogP contribution in [0.3, 0.4) is 0 Å². The van der Waals surface area contributed by atoms with Gasteiger partial charge in [-0.1, -0.05) is 0 Å². The third-order valence-corrected chi connectivity index (χ3v) is 5.26.